The maximum atomic E-state index is 13.0. The van der Waals surface area contributed by atoms with Crippen LogP contribution in [0.15, 0.2) is 42.5 Å². The van der Waals surface area contributed by atoms with E-state index < -0.39 is 0 Å². The fourth-order valence-corrected chi connectivity index (χ4v) is 2.23. The average Bonchev–Trinajstić information content (AvgIpc) is 2.47. The lowest BCUT2D eigenvalue weighted by Gasteiger charge is -2.20. The summed E-state index contributed by atoms with van der Waals surface area (Å²) >= 11 is 0. The lowest BCUT2D eigenvalue weighted by atomic mass is 10.0. The van der Waals surface area contributed by atoms with Gasteiger partial charge in [-0.3, -0.25) is 0 Å². The van der Waals surface area contributed by atoms with Crippen molar-refractivity contribution in [2.24, 2.45) is 0 Å². The van der Waals surface area contributed by atoms with Crippen LogP contribution in [-0.4, -0.2) is 7.11 Å². The number of rotatable bonds is 5. The Morgan fingerprint density at radius 3 is 2.40 bits per heavy atom. The lowest BCUT2D eigenvalue weighted by Crippen LogP contribution is -2.10. The minimum absolute atomic E-state index is 0.169. The first-order chi connectivity index (χ1) is 9.63. The van der Waals surface area contributed by atoms with Gasteiger partial charge in [0.2, 0.25) is 0 Å². The minimum Gasteiger partial charge on any atom is -0.497 e. The smallest absolute Gasteiger partial charge is 0.123 e. The van der Waals surface area contributed by atoms with Crippen LogP contribution >= 0.6 is 0 Å². The van der Waals surface area contributed by atoms with E-state index in [2.05, 4.69) is 12.2 Å². The van der Waals surface area contributed by atoms with E-state index in [4.69, 9.17) is 4.74 Å². The van der Waals surface area contributed by atoms with Gasteiger partial charge in [0, 0.05) is 5.69 Å². The third-order valence-electron chi connectivity index (χ3n) is 3.44. The van der Waals surface area contributed by atoms with Gasteiger partial charge in [0.1, 0.15) is 11.6 Å². The molecule has 20 heavy (non-hydrogen) atoms. The van der Waals surface area contributed by atoms with Crippen molar-refractivity contribution in [2.75, 3.05) is 12.4 Å². The van der Waals surface area contributed by atoms with Crippen molar-refractivity contribution < 1.29 is 9.13 Å². The van der Waals surface area contributed by atoms with E-state index in [-0.39, 0.29) is 11.9 Å². The number of nitrogens with one attached hydrogen (secondary N) is 1. The molecule has 1 atom stereocenters. The van der Waals surface area contributed by atoms with Crippen molar-refractivity contribution in [1.29, 1.82) is 0 Å². The normalized spacial score (nSPS) is 12.0. The molecule has 0 radical (unpaired) electrons. The van der Waals surface area contributed by atoms with Crippen molar-refractivity contribution in [3.8, 4) is 5.75 Å². The fraction of sp³-hybridized carbons (Fsp3) is 0.294. The van der Waals surface area contributed by atoms with Crippen LogP contribution < -0.4 is 10.1 Å². The van der Waals surface area contributed by atoms with Gasteiger partial charge in [-0.25, -0.2) is 4.39 Å². The van der Waals surface area contributed by atoms with Crippen LogP contribution in [0.2, 0.25) is 0 Å². The summed E-state index contributed by atoms with van der Waals surface area (Å²) in [5.41, 5.74) is 3.29. The highest BCUT2D eigenvalue weighted by Gasteiger charge is 2.10. The number of benzene rings is 2. The van der Waals surface area contributed by atoms with Crippen LogP contribution in [0.25, 0.3) is 0 Å². The number of methoxy groups -OCH3 is 1. The standard InChI is InChI=1S/C17H20FNO/c1-4-16(13-5-7-14(18)8-6-13)19-17-10-9-15(20-3)11-12(17)2/h5-11,16,19H,4H2,1-3H3. The molecule has 2 aromatic carbocycles. The second-order valence-corrected chi connectivity index (χ2v) is 4.84. The Labute approximate surface area is 119 Å². The molecule has 0 fully saturated rings. The van der Waals surface area contributed by atoms with E-state index in [1.165, 1.54) is 12.1 Å². The summed E-state index contributed by atoms with van der Waals surface area (Å²) in [6.45, 7) is 4.15. The van der Waals surface area contributed by atoms with Crippen LogP contribution in [0.1, 0.15) is 30.5 Å². The zero-order valence-electron chi connectivity index (χ0n) is 12.1. The van der Waals surface area contributed by atoms with E-state index in [1.807, 2.05) is 37.3 Å². The number of hydrogen-bond donors (Lipinski definition) is 1. The zero-order chi connectivity index (χ0) is 14.5. The summed E-state index contributed by atoms with van der Waals surface area (Å²) in [5.74, 6) is 0.645. The van der Waals surface area contributed by atoms with Gasteiger partial charge in [-0.05, 0) is 54.8 Å². The number of aryl methyl sites for hydroxylation is 1. The van der Waals surface area contributed by atoms with Crippen molar-refractivity contribution in [3.05, 3.63) is 59.4 Å². The maximum absolute atomic E-state index is 13.0. The van der Waals surface area contributed by atoms with Gasteiger partial charge in [-0.2, -0.15) is 0 Å². The van der Waals surface area contributed by atoms with E-state index in [0.29, 0.717) is 0 Å². The Morgan fingerprint density at radius 2 is 1.85 bits per heavy atom. The van der Waals surface area contributed by atoms with Gasteiger partial charge in [-0.1, -0.05) is 19.1 Å². The van der Waals surface area contributed by atoms with Crippen molar-refractivity contribution >= 4 is 5.69 Å². The molecule has 2 nitrogen and oxygen atoms in total. The second kappa shape index (κ2) is 6.42. The van der Waals surface area contributed by atoms with Crippen LogP contribution in [0, 0.1) is 12.7 Å². The monoisotopic (exact) mass is 273 g/mol. The summed E-state index contributed by atoms with van der Waals surface area (Å²) in [7, 11) is 1.66. The highest BCUT2D eigenvalue weighted by molar-refractivity contribution is 5.55. The van der Waals surface area contributed by atoms with E-state index >= 15 is 0 Å². The van der Waals surface area contributed by atoms with Crippen LogP contribution in [0.3, 0.4) is 0 Å². The molecule has 3 heteroatoms. The van der Waals surface area contributed by atoms with Gasteiger partial charge >= 0.3 is 0 Å². The number of anilines is 1. The molecule has 0 saturated heterocycles. The van der Waals surface area contributed by atoms with E-state index in [9.17, 15) is 4.39 Å². The number of hydrogen-bond acceptors (Lipinski definition) is 2. The van der Waals surface area contributed by atoms with Crippen molar-refractivity contribution in [2.45, 2.75) is 26.3 Å². The molecule has 0 heterocycles. The Hall–Kier alpha value is -2.03. The molecule has 0 amide bonds. The zero-order valence-corrected chi connectivity index (χ0v) is 12.1. The minimum atomic E-state index is -0.204. The predicted octanol–water partition coefficient (Wildman–Crippen LogP) is 4.71. The molecule has 1 unspecified atom stereocenters. The summed E-state index contributed by atoms with van der Waals surface area (Å²) in [6.07, 6.45) is 0.928. The molecule has 0 bridgehead atoms. The van der Waals surface area contributed by atoms with Crippen LogP contribution in [0.4, 0.5) is 10.1 Å². The first-order valence-electron chi connectivity index (χ1n) is 6.80. The van der Waals surface area contributed by atoms with E-state index in [1.54, 1.807) is 7.11 Å². The van der Waals surface area contributed by atoms with Gasteiger partial charge in [0.05, 0.1) is 13.2 Å². The predicted molar refractivity (Wildman–Crippen MR) is 80.8 cm³/mol. The van der Waals surface area contributed by atoms with Gasteiger partial charge in [-0.15, -0.1) is 0 Å². The Morgan fingerprint density at radius 1 is 1.15 bits per heavy atom. The third kappa shape index (κ3) is 3.29. The molecule has 0 saturated carbocycles. The quantitative estimate of drug-likeness (QED) is 0.852. The van der Waals surface area contributed by atoms with Crippen LogP contribution in [0.5, 0.6) is 5.75 Å². The Kier molecular flexibility index (Phi) is 4.61. The summed E-state index contributed by atoms with van der Waals surface area (Å²) in [4.78, 5) is 0. The Bertz CT molecular complexity index is 566. The van der Waals surface area contributed by atoms with Gasteiger partial charge < -0.3 is 10.1 Å². The molecule has 1 N–H and O–H groups in total. The molecular formula is C17H20FNO. The molecule has 106 valence electrons. The van der Waals surface area contributed by atoms with E-state index in [0.717, 1.165) is 29.0 Å². The topological polar surface area (TPSA) is 21.3 Å². The average molecular weight is 273 g/mol. The van der Waals surface area contributed by atoms with Crippen molar-refractivity contribution in [3.63, 3.8) is 0 Å². The molecule has 2 rings (SSSR count). The lowest BCUT2D eigenvalue weighted by molar-refractivity contribution is 0.414. The second-order valence-electron chi connectivity index (χ2n) is 4.84. The maximum Gasteiger partial charge on any atom is 0.123 e. The molecule has 0 aliphatic carbocycles. The molecule has 0 aliphatic heterocycles. The Balaban J connectivity index is 2.20. The molecule has 0 aromatic heterocycles. The van der Waals surface area contributed by atoms with Crippen molar-refractivity contribution in [1.82, 2.24) is 0 Å². The van der Waals surface area contributed by atoms with Gasteiger partial charge in [0.25, 0.3) is 0 Å². The highest BCUT2D eigenvalue weighted by Crippen LogP contribution is 2.27. The number of ether oxygens (including phenoxy) is 1. The summed E-state index contributed by atoms with van der Waals surface area (Å²) in [5, 5.41) is 3.51. The molecule has 0 aliphatic rings. The molecular weight excluding hydrogens is 253 g/mol. The number of halogens is 1. The first kappa shape index (κ1) is 14.4. The fourth-order valence-electron chi connectivity index (χ4n) is 2.23. The highest BCUT2D eigenvalue weighted by atomic mass is 19.1. The van der Waals surface area contributed by atoms with Gasteiger partial charge in [0.15, 0.2) is 0 Å². The largest absolute Gasteiger partial charge is 0.497 e. The first-order valence-corrected chi connectivity index (χ1v) is 6.80. The molecule has 0 spiro atoms. The molecule has 2 aromatic rings. The summed E-state index contributed by atoms with van der Waals surface area (Å²) in [6, 6.07) is 12.8. The summed E-state index contributed by atoms with van der Waals surface area (Å²) < 4.78 is 18.2. The van der Waals surface area contributed by atoms with Crippen LogP contribution in [-0.2, 0) is 0 Å². The third-order valence-corrected chi connectivity index (χ3v) is 3.44. The SMILES string of the molecule is CCC(Nc1ccc(OC)cc1C)c1ccc(F)cc1.